The molecule has 0 saturated heterocycles. The number of rotatable bonds is 9. The Morgan fingerprint density at radius 2 is 1.55 bits per heavy atom. The number of carbonyl (C=O) groups is 2. The predicted octanol–water partition coefficient (Wildman–Crippen LogP) is -1.33. The Kier molecular flexibility index (Phi) is 10.0. The van der Waals surface area contributed by atoms with Gasteiger partial charge in [-0.25, -0.2) is 9.59 Å². The molecule has 0 aromatic carbocycles. The number of aliphatic hydroxyl groups is 4. The van der Waals surface area contributed by atoms with E-state index in [1.165, 1.54) is 12.2 Å². The first-order valence-corrected chi connectivity index (χ1v) is 6.65. The van der Waals surface area contributed by atoms with E-state index in [2.05, 4.69) is 0 Å². The fourth-order valence-electron chi connectivity index (χ4n) is 1.43. The molecule has 0 rings (SSSR count). The van der Waals surface area contributed by atoms with E-state index in [1.807, 2.05) is 0 Å². The molecule has 0 aromatic heterocycles. The second-order valence-corrected chi connectivity index (χ2v) is 4.34. The van der Waals surface area contributed by atoms with Crippen molar-refractivity contribution in [2.24, 2.45) is 0 Å². The van der Waals surface area contributed by atoms with Gasteiger partial charge in [0.05, 0.1) is 6.61 Å². The second-order valence-electron chi connectivity index (χ2n) is 4.34. The van der Waals surface area contributed by atoms with Crippen LogP contribution in [0.2, 0.25) is 0 Å². The average Bonchev–Trinajstić information content (AvgIpc) is 2.49. The van der Waals surface area contributed by atoms with E-state index >= 15 is 0 Å². The third-order valence-corrected chi connectivity index (χ3v) is 2.57. The maximum absolute atomic E-state index is 11.4. The SMILES string of the molecule is CC=CC(=O)OC[C@H](OC(=O)C=CC)[C@@H](O)[C@H](O)[C@H](O)CO. The highest BCUT2D eigenvalue weighted by Gasteiger charge is 2.34. The molecule has 8 nitrogen and oxygen atoms in total. The average molecular weight is 318 g/mol. The lowest BCUT2D eigenvalue weighted by molar-refractivity contribution is -0.172. The zero-order valence-electron chi connectivity index (χ0n) is 12.5. The van der Waals surface area contributed by atoms with Crippen LogP contribution in [0.25, 0.3) is 0 Å². The van der Waals surface area contributed by atoms with Crippen molar-refractivity contribution in [3.63, 3.8) is 0 Å². The zero-order valence-corrected chi connectivity index (χ0v) is 12.5. The molecular weight excluding hydrogens is 296 g/mol. The Hall–Kier alpha value is -1.74. The number of ether oxygens (including phenoxy) is 2. The Labute approximate surface area is 128 Å². The molecule has 22 heavy (non-hydrogen) atoms. The molecule has 8 heteroatoms. The van der Waals surface area contributed by atoms with Crippen molar-refractivity contribution in [1.29, 1.82) is 0 Å². The van der Waals surface area contributed by atoms with Crippen molar-refractivity contribution in [3.8, 4) is 0 Å². The van der Waals surface area contributed by atoms with Gasteiger partial charge in [0.15, 0.2) is 6.10 Å². The maximum Gasteiger partial charge on any atom is 0.330 e. The van der Waals surface area contributed by atoms with Crippen LogP contribution in [0.5, 0.6) is 0 Å². The number of carbonyl (C=O) groups excluding carboxylic acids is 2. The first kappa shape index (κ1) is 20.3. The normalized spacial score (nSPS) is 17.2. The Balaban J connectivity index is 4.90. The Morgan fingerprint density at radius 1 is 1.00 bits per heavy atom. The molecule has 4 atom stereocenters. The van der Waals surface area contributed by atoms with E-state index < -0.39 is 49.6 Å². The molecule has 126 valence electrons. The summed E-state index contributed by atoms with van der Waals surface area (Å²) >= 11 is 0. The van der Waals surface area contributed by atoms with Gasteiger partial charge in [-0.1, -0.05) is 12.2 Å². The molecule has 0 unspecified atom stereocenters. The number of hydrogen-bond acceptors (Lipinski definition) is 8. The summed E-state index contributed by atoms with van der Waals surface area (Å²) in [5.74, 6) is -1.54. The molecular formula is C14H22O8. The van der Waals surface area contributed by atoms with E-state index in [-0.39, 0.29) is 0 Å². The van der Waals surface area contributed by atoms with Gasteiger partial charge in [0.2, 0.25) is 0 Å². The predicted molar refractivity (Wildman–Crippen MR) is 75.6 cm³/mol. The van der Waals surface area contributed by atoms with E-state index in [4.69, 9.17) is 14.6 Å². The van der Waals surface area contributed by atoms with Crippen molar-refractivity contribution >= 4 is 11.9 Å². The van der Waals surface area contributed by atoms with Crippen molar-refractivity contribution in [2.75, 3.05) is 13.2 Å². The van der Waals surface area contributed by atoms with Crippen molar-refractivity contribution in [1.82, 2.24) is 0 Å². The molecule has 4 N–H and O–H groups in total. The third-order valence-electron chi connectivity index (χ3n) is 2.57. The lowest BCUT2D eigenvalue weighted by atomic mass is 10.0. The van der Waals surface area contributed by atoms with Crippen molar-refractivity contribution in [3.05, 3.63) is 24.3 Å². The summed E-state index contributed by atoms with van der Waals surface area (Å²) in [5.41, 5.74) is 0. The summed E-state index contributed by atoms with van der Waals surface area (Å²) in [7, 11) is 0. The van der Waals surface area contributed by atoms with Crippen LogP contribution in [0.15, 0.2) is 24.3 Å². The van der Waals surface area contributed by atoms with E-state index in [0.29, 0.717) is 0 Å². The maximum atomic E-state index is 11.4. The molecule has 0 radical (unpaired) electrons. The fourth-order valence-corrected chi connectivity index (χ4v) is 1.43. The molecule has 0 saturated carbocycles. The Bertz CT molecular complexity index is 404. The van der Waals surface area contributed by atoms with Gasteiger partial charge < -0.3 is 29.9 Å². The molecule has 0 bridgehead atoms. The minimum Gasteiger partial charge on any atom is -0.458 e. The zero-order chi connectivity index (χ0) is 17.1. The molecule has 0 amide bonds. The summed E-state index contributed by atoms with van der Waals surface area (Å²) in [6.07, 6.45) is -1.55. The minimum atomic E-state index is -1.78. The largest absolute Gasteiger partial charge is 0.458 e. The fraction of sp³-hybridized carbons (Fsp3) is 0.571. The van der Waals surface area contributed by atoms with Crippen LogP contribution < -0.4 is 0 Å². The monoisotopic (exact) mass is 318 g/mol. The van der Waals surface area contributed by atoms with Crippen LogP contribution in [-0.2, 0) is 19.1 Å². The smallest absolute Gasteiger partial charge is 0.330 e. The summed E-state index contributed by atoms with van der Waals surface area (Å²) in [4.78, 5) is 22.7. The Morgan fingerprint density at radius 3 is 2.05 bits per heavy atom. The highest BCUT2D eigenvalue weighted by molar-refractivity contribution is 5.82. The number of esters is 2. The first-order valence-electron chi connectivity index (χ1n) is 6.65. The quantitative estimate of drug-likeness (QED) is 0.303. The van der Waals surface area contributed by atoms with Crippen LogP contribution >= 0.6 is 0 Å². The van der Waals surface area contributed by atoms with Gasteiger partial charge in [-0.05, 0) is 13.8 Å². The van der Waals surface area contributed by atoms with Gasteiger partial charge in [-0.15, -0.1) is 0 Å². The molecule has 0 aliphatic rings. The van der Waals surface area contributed by atoms with E-state index in [0.717, 1.165) is 12.2 Å². The second kappa shape index (κ2) is 10.9. The van der Waals surface area contributed by atoms with E-state index in [1.54, 1.807) is 13.8 Å². The lowest BCUT2D eigenvalue weighted by Crippen LogP contribution is -2.49. The number of hydrogen-bond donors (Lipinski definition) is 4. The number of allylic oxidation sites excluding steroid dienone is 2. The topological polar surface area (TPSA) is 134 Å². The molecule has 0 aliphatic heterocycles. The highest BCUT2D eigenvalue weighted by Crippen LogP contribution is 2.10. The van der Waals surface area contributed by atoms with Gasteiger partial charge in [-0.3, -0.25) is 0 Å². The molecule has 0 spiro atoms. The van der Waals surface area contributed by atoms with Crippen molar-refractivity contribution < 1.29 is 39.5 Å². The van der Waals surface area contributed by atoms with Crippen LogP contribution in [0.1, 0.15) is 13.8 Å². The lowest BCUT2D eigenvalue weighted by Gasteiger charge is -2.28. The van der Waals surface area contributed by atoms with Crippen LogP contribution in [0.4, 0.5) is 0 Å². The first-order chi connectivity index (χ1) is 10.4. The van der Waals surface area contributed by atoms with E-state index in [9.17, 15) is 24.9 Å². The van der Waals surface area contributed by atoms with Crippen molar-refractivity contribution in [2.45, 2.75) is 38.3 Å². The molecule has 0 aromatic rings. The van der Waals surface area contributed by atoms with Gasteiger partial charge in [0.1, 0.15) is 24.9 Å². The molecule has 0 aliphatic carbocycles. The number of aliphatic hydroxyl groups excluding tert-OH is 4. The summed E-state index contributed by atoms with van der Waals surface area (Å²) in [5, 5.41) is 37.6. The summed E-state index contributed by atoms with van der Waals surface area (Å²) < 4.78 is 9.63. The summed E-state index contributed by atoms with van der Waals surface area (Å²) in [6.45, 7) is 1.85. The van der Waals surface area contributed by atoms with Gasteiger partial charge in [-0.2, -0.15) is 0 Å². The van der Waals surface area contributed by atoms with Gasteiger partial charge >= 0.3 is 11.9 Å². The molecule has 0 heterocycles. The highest BCUT2D eigenvalue weighted by atomic mass is 16.6. The van der Waals surface area contributed by atoms with Gasteiger partial charge in [0, 0.05) is 12.2 Å². The van der Waals surface area contributed by atoms with Crippen LogP contribution in [0.3, 0.4) is 0 Å². The third kappa shape index (κ3) is 7.32. The van der Waals surface area contributed by atoms with Crippen LogP contribution in [0, 0.1) is 0 Å². The summed E-state index contributed by atoms with van der Waals surface area (Å²) in [6, 6.07) is 0. The van der Waals surface area contributed by atoms with Crippen LogP contribution in [-0.4, -0.2) is 70.0 Å². The minimum absolute atomic E-state index is 0.525. The molecule has 0 fully saturated rings. The van der Waals surface area contributed by atoms with Gasteiger partial charge in [0.25, 0.3) is 0 Å². The standard InChI is InChI=1S/C14H22O8/c1-3-5-11(17)21-8-10(22-12(18)6-4-2)14(20)13(19)9(16)7-15/h3-6,9-10,13-16,19-20H,7-8H2,1-2H3/t9-,10+,13-,14-/m1/s1.